The summed E-state index contributed by atoms with van der Waals surface area (Å²) in [6.07, 6.45) is 2.34. The van der Waals surface area contributed by atoms with Crippen molar-refractivity contribution < 1.29 is 0 Å². The van der Waals surface area contributed by atoms with E-state index in [0.29, 0.717) is 0 Å². The van der Waals surface area contributed by atoms with E-state index in [1.807, 2.05) is 0 Å². The molecule has 0 aliphatic rings. The van der Waals surface area contributed by atoms with Crippen LogP contribution < -0.4 is 5.32 Å². The van der Waals surface area contributed by atoms with E-state index in [1.165, 1.54) is 12.0 Å². The van der Waals surface area contributed by atoms with Crippen LogP contribution in [-0.4, -0.2) is 12.1 Å². The van der Waals surface area contributed by atoms with Crippen molar-refractivity contribution in [2.45, 2.75) is 39.2 Å². The SMILES string of the molecule is CC(C)(C)NCCCc1ccc(Br)cc1. The largest absolute Gasteiger partial charge is 0.312 e. The highest BCUT2D eigenvalue weighted by Gasteiger charge is 2.06. The van der Waals surface area contributed by atoms with Gasteiger partial charge in [-0.15, -0.1) is 0 Å². The fourth-order valence-corrected chi connectivity index (χ4v) is 1.67. The summed E-state index contributed by atoms with van der Waals surface area (Å²) in [5.74, 6) is 0. The van der Waals surface area contributed by atoms with Crippen molar-refractivity contribution in [3.8, 4) is 0 Å². The highest BCUT2D eigenvalue weighted by Crippen LogP contribution is 2.11. The lowest BCUT2D eigenvalue weighted by Gasteiger charge is -2.20. The van der Waals surface area contributed by atoms with E-state index >= 15 is 0 Å². The van der Waals surface area contributed by atoms with Gasteiger partial charge in [-0.25, -0.2) is 0 Å². The molecule has 0 saturated carbocycles. The fourth-order valence-electron chi connectivity index (χ4n) is 1.41. The van der Waals surface area contributed by atoms with E-state index in [0.717, 1.165) is 17.4 Å². The molecule has 0 bridgehead atoms. The third-order valence-electron chi connectivity index (χ3n) is 2.21. The summed E-state index contributed by atoms with van der Waals surface area (Å²) in [6.45, 7) is 7.69. The molecule has 0 aliphatic heterocycles. The molecule has 15 heavy (non-hydrogen) atoms. The Bertz CT molecular complexity index is 284. The second-order valence-corrected chi connectivity index (χ2v) is 5.82. The van der Waals surface area contributed by atoms with Crippen molar-refractivity contribution in [1.82, 2.24) is 5.32 Å². The topological polar surface area (TPSA) is 12.0 Å². The lowest BCUT2D eigenvalue weighted by atomic mass is 10.1. The molecule has 1 aromatic carbocycles. The van der Waals surface area contributed by atoms with Crippen LogP contribution in [0.3, 0.4) is 0 Å². The molecule has 2 heteroatoms. The predicted octanol–water partition coefficient (Wildman–Crippen LogP) is 3.77. The Labute approximate surface area is 101 Å². The molecule has 0 heterocycles. The first-order valence-electron chi connectivity index (χ1n) is 5.47. The molecule has 1 aromatic rings. The second-order valence-electron chi connectivity index (χ2n) is 4.91. The normalized spacial score (nSPS) is 11.7. The van der Waals surface area contributed by atoms with Gasteiger partial charge in [0, 0.05) is 10.0 Å². The minimum absolute atomic E-state index is 0.236. The molecular weight excluding hydrogens is 250 g/mol. The van der Waals surface area contributed by atoms with Gasteiger partial charge in [0.2, 0.25) is 0 Å². The summed E-state index contributed by atoms with van der Waals surface area (Å²) < 4.78 is 1.15. The molecule has 0 amide bonds. The molecular formula is C13H20BrN. The lowest BCUT2D eigenvalue weighted by molar-refractivity contribution is 0.422. The smallest absolute Gasteiger partial charge is 0.0175 e. The van der Waals surface area contributed by atoms with Crippen LogP contribution in [-0.2, 0) is 6.42 Å². The number of hydrogen-bond donors (Lipinski definition) is 1. The van der Waals surface area contributed by atoms with Crippen LogP contribution in [0.4, 0.5) is 0 Å². The Morgan fingerprint density at radius 3 is 2.27 bits per heavy atom. The van der Waals surface area contributed by atoms with Crippen molar-refractivity contribution in [2.24, 2.45) is 0 Å². The van der Waals surface area contributed by atoms with Crippen molar-refractivity contribution in [2.75, 3.05) is 6.54 Å². The molecule has 0 fully saturated rings. The standard InChI is InChI=1S/C13H20BrN/c1-13(2,3)15-10-4-5-11-6-8-12(14)9-7-11/h6-9,15H,4-5,10H2,1-3H3. The first-order chi connectivity index (χ1) is 6.97. The lowest BCUT2D eigenvalue weighted by Crippen LogP contribution is -2.36. The third kappa shape index (κ3) is 5.95. The molecule has 0 atom stereocenters. The zero-order valence-electron chi connectivity index (χ0n) is 9.81. The monoisotopic (exact) mass is 269 g/mol. The number of aryl methyl sites for hydroxylation is 1. The summed E-state index contributed by atoms with van der Waals surface area (Å²) in [5, 5.41) is 3.49. The fraction of sp³-hybridized carbons (Fsp3) is 0.538. The molecule has 1 N–H and O–H groups in total. The van der Waals surface area contributed by atoms with Crippen molar-refractivity contribution >= 4 is 15.9 Å². The first kappa shape index (κ1) is 12.7. The second kappa shape index (κ2) is 5.66. The van der Waals surface area contributed by atoms with Gasteiger partial charge in [-0.1, -0.05) is 28.1 Å². The number of benzene rings is 1. The van der Waals surface area contributed by atoms with E-state index in [1.54, 1.807) is 0 Å². The average Bonchev–Trinajstić information content (AvgIpc) is 2.14. The van der Waals surface area contributed by atoms with Gasteiger partial charge in [-0.3, -0.25) is 0 Å². The van der Waals surface area contributed by atoms with Gasteiger partial charge >= 0.3 is 0 Å². The number of rotatable bonds is 4. The summed E-state index contributed by atoms with van der Waals surface area (Å²) in [5.41, 5.74) is 1.65. The number of hydrogen-bond acceptors (Lipinski definition) is 1. The van der Waals surface area contributed by atoms with E-state index in [-0.39, 0.29) is 5.54 Å². The average molecular weight is 270 g/mol. The zero-order chi connectivity index (χ0) is 11.3. The van der Waals surface area contributed by atoms with E-state index in [9.17, 15) is 0 Å². The van der Waals surface area contributed by atoms with Crippen LogP contribution in [0.15, 0.2) is 28.7 Å². The molecule has 0 saturated heterocycles. The molecule has 0 aliphatic carbocycles. The van der Waals surface area contributed by atoms with Crippen molar-refractivity contribution in [3.05, 3.63) is 34.3 Å². The minimum atomic E-state index is 0.236. The van der Waals surface area contributed by atoms with E-state index in [4.69, 9.17) is 0 Å². The Morgan fingerprint density at radius 1 is 1.13 bits per heavy atom. The predicted molar refractivity (Wildman–Crippen MR) is 70.2 cm³/mol. The Hall–Kier alpha value is -0.340. The maximum Gasteiger partial charge on any atom is 0.0175 e. The minimum Gasteiger partial charge on any atom is -0.312 e. The van der Waals surface area contributed by atoms with Gasteiger partial charge < -0.3 is 5.32 Å². The summed E-state index contributed by atoms with van der Waals surface area (Å²) >= 11 is 3.44. The Morgan fingerprint density at radius 2 is 1.73 bits per heavy atom. The van der Waals surface area contributed by atoms with Gasteiger partial charge in [0.1, 0.15) is 0 Å². The molecule has 0 unspecified atom stereocenters. The van der Waals surface area contributed by atoms with Crippen molar-refractivity contribution in [3.63, 3.8) is 0 Å². The van der Waals surface area contributed by atoms with Crippen molar-refractivity contribution in [1.29, 1.82) is 0 Å². The zero-order valence-corrected chi connectivity index (χ0v) is 11.4. The van der Waals surface area contributed by atoms with Crippen LogP contribution in [0.25, 0.3) is 0 Å². The highest BCUT2D eigenvalue weighted by atomic mass is 79.9. The molecule has 1 rings (SSSR count). The van der Waals surface area contributed by atoms with Crippen LogP contribution in [0, 0.1) is 0 Å². The van der Waals surface area contributed by atoms with Gasteiger partial charge in [0.05, 0.1) is 0 Å². The van der Waals surface area contributed by atoms with Gasteiger partial charge in [-0.2, -0.15) is 0 Å². The molecule has 1 nitrogen and oxygen atoms in total. The Balaban J connectivity index is 2.23. The molecule has 0 aromatic heterocycles. The quantitative estimate of drug-likeness (QED) is 0.821. The maximum absolute atomic E-state index is 3.49. The van der Waals surface area contributed by atoms with Gasteiger partial charge in [0.25, 0.3) is 0 Å². The highest BCUT2D eigenvalue weighted by molar-refractivity contribution is 9.10. The van der Waals surface area contributed by atoms with E-state index < -0.39 is 0 Å². The molecule has 0 spiro atoms. The summed E-state index contributed by atoms with van der Waals surface area (Å²) in [4.78, 5) is 0. The molecule has 0 radical (unpaired) electrons. The first-order valence-corrected chi connectivity index (χ1v) is 6.26. The maximum atomic E-state index is 3.49. The molecule has 84 valence electrons. The third-order valence-corrected chi connectivity index (χ3v) is 2.74. The Kier molecular flexibility index (Phi) is 4.81. The van der Waals surface area contributed by atoms with Crippen LogP contribution in [0.1, 0.15) is 32.8 Å². The van der Waals surface area contributed by atoms with Gasteiger partial charge in [-0.05, 0) is 57.9 Å². The number of halogens is 1. The van der Waals surface area contributed by atoms with Crippen LogP contribution >= 0.6 is 15.9 Å². The summed E-state index contributed by atoms with van der Waals surface area (Å²) in [7, 11) is 0. The summed E-state index contributed by atoms with van der Waals surface area (Å²) in [6, 6.07) is 8.57. The van der Waals surface area contributed by atoms with Crippen LogP contribution in [0.5, 0.6) is 0 Å². The number of nitrogens with one attached hydrogen (secondary N) is 1. The van der Waals surface area contributed by atoms with E-state index in [2.05, 4.69) is 66.3 Å². The van der Waals surface area contributed by atoms with Gasteiger partial charge in [0.15, 0.2) is 0 Å². The van der Waals surface area contributed by atoms with Crippen LogP contribution in [0.2, 0.25) is 0 Å².